The summed E-state index contributed by atoms with van der Waals surface area (Å²) in [6.45, 7) is 6.07. The van der Waals surface area contributed by atoms with Crippen molar-refractivity contribution in [3.8, 4) is 45.9 Å². The van der Waals surface area contributed by atoms with E-state index in [2.05, 4.69) is 50.3 Å². The van der Waals surface area contributed by atoms with Crippen molar-refractivity contribution in [2.75, 3.05) is 13.2 Å². The molecule has 0 heterocycles. The number of benzene rings is 4. The zero-order valence-electron chi connectivity index (χ0n) is 28.6. The van der Waals surface area contributed by atoms with E-state index in [1.54, 1.807) is 0 Å². The van der Waals surface area contributed by atoms with Crippen LogP contribution in [0.1, 0.15) is 108 Å². The highest BCUT2D eigenvalue weighted by Gasteiger charge is 2.01. The van der Waals surface area contributed by atoms with Gasteiger partial charge >= 0.3 is 0 Å². The molecular weight excluding hydrogens is 576 g/mol. The predicted octanol–water partition coefficient (Wildman–Crippen LogP) is 12.3. The Bertz CT molecular complexity index is 1460. The lowest BCUT2D eigenvalue weighted by atomic mass is 10.0. The molecule has 0 saturated heterocycles. The second-order valence-electron chi connectivity index (χ2n) is 12.0. The van der Waals surface area contributed by atoms with Gasteiger partial charge in [0.25, 0.3) is 0 Å². The van der Waals surface area contributed by atoms with Crippen LogP contribution < -0.4 is 9.47 Å². The molecule has 4 heteroatoms. The molecule has 0 atom stereocenters. The third-order valence-corrected chi connectivity index (χ3v) is 8.19. The molecule has 4 aromatic carbocycles. The van der Waals surface area contributed by atoms with E-state index in [9.17, 15) is 0 Å². The summed E-state index contributed by atoms with van der Waals surface area (Å²) in [6.07, 6.45) is 16.8. The van der Waals surface area contributed by atoms with Gasteiger partial charge in [-0.3, -0.25) is 0 Å². The van der Waals surface area contributed by atoms with Gasteiger partial charge in [0.15, 0.2) is 0 Å². The fourth-order valence-corrected chi connectivity index (χ4v) is 5.28. The van der Waals surface area contributed by atoms with Gasteiger partial charge in [-0.25, -0.2) is 0 Å². The predicted molar refractivity (Wildman–Crippen MR) is 196 cm³/mol. The summed E-state index contributed by atoms with van der Waals surface area (Å²) in [7, 11) is 0. The van der Waals surface area contributed by atoms with E-state index >= 15 is 0 Å². The number of hydrogen-bond acceptors (Lipinski definition) is 4. The molecule has 4 rings (SSSR count). The third-order valence-electron chi connectivity index (χ3n) is 8.19. The van der Waals surface area contributed by atoms with Crippen molar-refractivity contribution in [2.24, 2.45) is 0 Å². The standard InChI is InChI=1S/C23H29NO.C20H23NO/c1-2-3-4-5-6-7-8-9-18-25-23-16-14-22(15-17-23)21-12-10-20(19-24)11-13-21;1-2-3-4-5-6-15-22-20-13-11-19(12-14-20)18-9-7-17(16-21)8-10-18/h10-17H,2-9,18H2,1H3;7-14H,2-6,15H2,1H3. The lowest BCUT2D eigenvalue weighted by Gasteiger charge is -2.08. The highest BCUT2D eigenvalue weighted by molar-refractivity contribution is 5.65. The van der Waals surface area contributed by atoms with E-state index in [-0.39, 0.29) is 0 Å². The molecule has 0 aliphatic carbocycles. The smallest absolute Gasteiger partial charge is 0.119 e. The first-order valence-corrected chi connectivity index (χ1v) is 17.6. The maximum absolute atomic E-state index is 8.85. The number of nitriles is 2. The molecule has 0 aromatic heterocycles. The average Bonchev–Trinajstić information content (AvgIpc) is 3.13. The van der Waals surface area contributed by atoms with Gasteiger partial charge in [0.2, 0.25) is 0 Å². The van der Waals surface area contributed by atoms with Crippen LogP contribution in [0.15, 0.2) is 97.1 Å². The van der Waals surface area contributed by atoms with E-state index in [4.69, 9.17) is 20.0 Å². The molecule has 0 N–H and O–H groups in total. The van der Waals surface area contributed by atoms with Crippen LogP contribution in [0.25, 0.3) is 22.3 Å². The first-order chi connectivity index (χ1) is 23.2. The molecule has 4 nitrogen and oxygen atoms in total. The van der Waals surface area contributed by atoms with Gasteiger partial charge in [0.05, 0.1) is 36.5 Å². The number of hydrogen-bond donors (Lipinski definition) is 0. The zero-order chi connectivity index (χ0) is 33.4. The average molecular weight is 629 g/mol. The summed E-state index contributed by atoms with van der Waals surface area (Å²) in [5.74, 6) is 1.85. The molecule has 0 fully saturated rings. The Kier molecular flexibility index (Phi) is 18.0. The molecule has 0 amide bonds. The fourth-order valence-electron chi connectivity index (χ4n) is 5.28. The summed E-state index contributed by atoms with van der Waals surface area (Å²) in [5.41, 5.74) is 5.89. The largest absolute Gasteiger partial charge is 0.494 e. The van der Waals surface area contributed by atoms with Gasteiger partial charge in [-0.15, -0.1) is 0 Å². The molecule has 0 saturated carbocycles. The summed E-state index contributed by atoms with van der Waals surface area (Å²) >= 11 is 0. The molecular formula is C43H52N2O2. The van der Waals surface area contributed by atoms with Crippen molar-refractivity contribution in [1.29, 1.82) is 10.5 Å². The first-order valence-electron chi connectivity index (χ1n) is 17.6. The maximum atomic E-state index is 8.85. The van der Waals surface area contributed by atoms with Crippen LogP contribution in [-0.4, -0.2) is 13.2 Å². The molecule has 0 bridgehead atoms. The Morgan fingerprint density at radius 1 is 0.383 bits per heavy atom. The normalized spacial score (nSPS) is 10.3. The van der Waals surface area contributed by atoms with E-state index in [1.807, 2.05) is 72.8 Å². The van der Waals surface area contributed by atoms with Gasteiger partial charge in [0, 0.05) is 0 Å². The van der Waals surface area contributed by atoms with Gasteiger partial charge in [0.1, 0.15) is 11.5 Å². The number of nitrogens with zero attached hydrogens (tertiary/aromatic N) is 2. The quantitative estimate of drug-likeness (QED) is 0.0969. The van der Waals surface area contributed by atoms with Crippen LogP contribution in [0.3, 0.4) is 0 Å². The van der Waals surface area contributed by atoms with Crippen molar-refractivity contribution in [2.45, 2.75) is 97.3 Å². The minimum absolute atomic E-state index is 0.687. The van der Waals surface area contributed by atoms with Gasteiger partial charge in [-0.2, -0.15) is 10.5 Å². The Hall–Kier alpha value is -4.54. The summed E-state index contributed by atoms with van der Waals surface area (Å²) in [4.78, 5) is 0. The van der Waals surface area contributed by atoms with Crippen molar-refractivity contribution in [3.63, 3.8) is 0 Å². The zero-order valence-corrected chi connectivity index (χ0v) is 28.6. The van der Waals surface area contributed by atoms with Crippen LogP contribution in [0.4, 0.5) is 0 Å². The maximum Gasteiger partial charge on any atom is 0.119 e. The van der Waals surface area contributed by atoms with Crippen molar-refractivity contribution in [1.82, 2.24) is 0 Å². The highest BCUT2D eigenvalue weighted by atomic mass is 16.5. The molecule has 0 unspecified atom stereocenters. The van der Waals surface area contributed by atoms with E-state index in [0.717, 1.165) is 59.8 Å². The molecule has 4 aromatic rings. The van der Waals surface area contributed by atoms with Crippen LogP contribution in [0, 0.1) is 22.7 Å². The Labute approximate surface area is 284 Å². The van der Waals surface area contributed by atoms with E-state index < -0.39 is 0 Å². The third kappa shape index (κ3) is 14.6. The fraction of sp³-hybridized carbons (Fsp3) is 0.395. The summed E-state index contributed by atoms with van der Waals surface area (Å²) < 4.78 is 11.6. The van der Waals surface area contributed by atoms with Crippen LogP contribution in [-0.2, 0) is 0 Å². The number of unbranched alkanes of at least 4 members (excludes halogenated alkanes) is 11. The summed E-state index contributed by atoms with van der Waals surface area (Å²) in [6, 6.07) is 35.9. The molecule has 0 aliphatic heterocycles. The monoisotopic (exact) mass is 628 g/mol. The highest BCUT2D eigenvalue weighted by Crippen LogP contribution is 2.24. The van der Waals surface area contributed by atoms with E-state index in [1.165, 1.54) is 70.6 Å². The van der Waals surface area contributed by atoms with Gasteiger partial charge in [-0.1, -0.05) is 133 Å². The first kappa shape index (κ1) is 36.9. The van der Waals surface area contributed by atoms with Crippen LogP contribution in [0.2, 0.25) is 0 Å². The lowest BCUT2D eigenvalue weighted by molar-refractivity contribution is 0.304. The Morgan fingerprint density at radius 2 is 0.660 bits per heavy atom. The molecule has 0 radical (unpaired) electrons. The molecule has 0 spiro atoms. The molecule has 47 heavy (non-hydrogen) atoms. The SMILES string of the molecule is CCCCCCCCCCOc1ccc(-c2ccc(C#N)cc2)cc1.CCCCCCCOc1ccc(-c2ccc(C#N)cc2)cc1. The minimum atomic E-state index is 0.687. The second-order valence-corrected chi connectivity index (χ2v) is 12.0. The van der Waals surface area contributed by atoms with Crippen molar-refractivity contribution in [3.05, 3.63) is 108 Å². The number of rotatable bonds is 19. The second kappa shape index (κ2) is 22.9. The topological polar surface area (TPSA) is 66.0 Å². The molecule has 0 aliphatic rings. The van der Waals surface area contributed by atoms with Crippen molar-refractivity contribution < 1.29 is 9.47 Å². The lowest BCUT2D eigenvalue weighted by Crippen LogP contribution is -1.97. The Balaban J connectivity index is 0.000000257. The minimum Gasteiger partial charge on any atom is -0.494 e. The van der Waals surface area contributed by atoms with Crippen LogP contribution >= 0.6 is 0 Å². The Morgan fingerprint density at radius 3 is 0.957 bits per heavy atom. The van der Waals surface area contributed by atoms with Crippen LogP contribution in [0.5, 0.6) is 11.5 Å². The van der Waals surface area contributed by atoms with Gasteiger partial charge in [-0.05, 0) is 83.6 Å². The van der Waals surface area contributed by atoms with Gasteiger partial charge < -0.3 is 9.47 Å². The number of ether oxygens (including phenoxy) is 2. The van der Waals surface area contributed by atoms with Crippen molar-refractivity contribution >= 4 is 0 Å². The molecule has 246 valence electrons. The van der Waals surface area contributed by atoms with E-state index in [0.29, 0.717) is 11.1 Å². The summed E-state index contributed by atoms with van der Waals surface area (Å²) in [5, 5.41) is 17.7.